The number of aliphatic hydroxyl groups is 1. The smallest absolute Gasteiger partial charge is 0.387 e. The van der Waals surface area contributed by atoms with E-state index in [4.69, 9.17) is 4.74 Å². The van der Waals surface area contributed by atoms with E-state index in [1.165, 1.54) is 19.4 Å². The summed E-state index contributed by atoms with van der Waals surface area (Å²) in [4.78, 5) is 15.8. The van der Waals surface area contributed by atoms with E-state index in [1.54, 1.807) is 35.8 Å². The lowest BCUT2D eigenvalue weighted by molar-refractivity contribution is -0.0515. The molecule has 0 aliphatic rings. The normalized spacial score (nSPS) is 12.1. The summed E-state index contributed by atoms with van der Waals surface area (Å²) in [6, 6.07) is 6.01. The molecule has 3 N–H and O–H groups in total. The van der Waals surface area contributed by atoms with E-state index >= 15 is 0 Å². The van der Waals surface area contributed by atoms with Gasteiger partial charge in [-0.25, -0.2) is 14.3 Å². The van der Waals surface area contributed by atoms with Crippen LogP contribution in [0.3, 0.4) is 0 Å². The Labute approximate surface area is 164 Å². The monoisotopic (exact) mass is 407 g/mol. The van der Waals surface area contributed by atoms with Crippen LogP contribution in [0, 0.1) is 0 Å². The summed E-state index contributed by atoms with van der Waals surface area (Å²) in [7, 11) is 1.31. The van der Waals surface area contributed by atoms with Gasteiger partial charge in [0.1, 0.15) is 0 Å². The Morgan fingerprint density at radius 3 is 2.79 bits per heavy atom. The van der Waals surface area contributed by atoms with Gasteiger partial charge in [0, 0.05) is 30.6 Å². The van der Waals surface area contributed by atoms with Crippen LogP contribution in [-0.4, -0.2) is 52.1 Å². The van der Waals surface area contributed by atoms with Crippen LogP contribution >= 0.6 is 0 Å². The number of nitrogens with one attached hydrogen (secondary N) is 2. The Morgan fingerprint density at radius 1 is 1.31 bits per heavy atom. The quantitative estimate of drug-likeness (QED) is 0.555. The molecule has 0 saturated heterocycles. The first-order chi connectivity index (χ1) is 13.9. The average Bonchev–Trinajstić information content (AvgIpc) is 3.07. The van der Waals surface area contributed by atoms with Gasteiger partial charge in [-0.1, -0.05) is 0 Å². The maximum atomic E-state index is 12.6. The molecule has 3 aromatic heterocycles. The number of alkyl halides is 2. The van der Waals surface area contributed by atoms with Crippen LogP contribution in [-0.2, 0) is 0 Å². The van der Waals surface area contributed by atoms with Crippen molar-refractivity contribution in [3.05, 3.63) is 36.7 Å². The van der Waals surface area contributed by atoms with Gasteiger partial charge in [0.15, 0.2) is 11.6 Å². The van der Waals surface area contributed by atoms with Gasteiger partial charge in [-0.05, 0) is 30.7 Å². The van der Waals surface area contributed by atoms with Crippen LogP contribution in [0.25, 0.3) is 16.6 Å². The summed E-state index contributed by atoms with van der Waals surface area (Å²) in [5.41, 5.74) is 1.87. The molecule has 11 heteroatoms. The topological polar surface area (TPSA) is 110 Å². The van der Waals surface area contributed by atoms with E-state index < -0.39 is 18.7 Å². The van der Waals surface area contributed by atoms with Crippen molar-refractivity contribution < 1.29 is 28.2 Å². The summed E-state index contributed by atoms with van der Waals surface area (Å²) < 4.78 is 36.2. The fourth-order valence-electron chi connectivity index (χ4n) is 2.56. The molecule has 3 heterocycles. The van der Waals surface area contributed by atoms with Crippen LogP contribution in [0.15, 0.2) is 36.7 Å². The number of hydrogen-bond donors (Lipinski definition) is 3. The maximum absolute atomic E-state index is 12.6. The summed E-state index contributed by atoms with van der Waals surface area (Å²) in [6.45, 7) is -1.35. The summed E-state index contributed by atoms with van der Waals surface area (Å²) >= 11 is 0. The third-order valence-electron chi connectivity index (χ3n) is 3.82. The molecule has 154 valence electrons. The summed E-state index contributed by atoms with van der Waals surface area (Å²) in [6.07, 6.45) is 2.46. The molecular formula is C18H19F2N5O4. The molecule has 0 aliphatic heterocycles. The number of nitrogens with zero attached hydrogens (tertiary/aromatic N) is 3. The number of carbonyl (C=O) groups is 1. The number of aromatic nitrogens is 3. The lowest BCUT2D eigenvalue weighted by atomic mass is 10.1. The lowest BCUT2D eigenvalue weighted by Gasteiger charge is -2.10. The highest BCUT2D eigenvalue weighted by Crippen LogP contribution is 2.31. The first-order valence-corrected chi connectivity index (χ1v) is 8.57. The van der Waals surface area contributed by atoms with E-state index in [0.29, 0.717) is 22.5 Å². The number of hydrogen-bond acceptors (Lipinski definition) is 6. The van der Waals surface area contributed by atoms with Crippen LogP contribution in [0.4, 0.5) is 19.4 Å². The number of ether oxygens (including phenoxy) is 2. The number of pyridine rings is 2. The molecule has 1 atom stereocenters. The number of halogens is 2. The van der Waals surface area contributed by atoms with Crippen molar-refractivity contribution in [2.75, 3.05) is 19.0 Å². The number of carbonyl (C=O) groups excluding carboxylic acids is 1. The third kappa shape index (κ3) is 5.08. The second-order valence-corrected chi connectivity index (χ2v) is 6.11. The van der Waals surface area contributed by atoms with Crippen molar-refractivity contribution in [3.8, 4) is 22.8 Å². The van der Waals surface area contributed by atoms with Crippen molar-refractivity contribution in [2.24, 2.45) is 0 Å². The van der Waals surface area contributed by atoms with Crippen LogP contribution < -0.4 is 20.1 Å². The highest BCUT2D eigenvalue weighted by molar-refractivity contribution is 5.89. The molecule has 0 bridgehead atoms. The second kappa shape index (κ2) is 8.69. The zero-order valence-corrected chi connectivity index (χ0v) is 15.6. The van der Waals surface area contributed by atoms with E-state index in [-0.39, 0.29) is 18.2 Å². The van der Waals surface area contributed by atoms with Gasteiger partial charge < -0.3 is 19.9 Å². The number of rotatable bonds is 7. The zero-order valence-electron chi connectivity index (χ0n) is 15.6. The molecule has 0 unspecified atom stereocenters. The highest BCUT2D eigenvalue weighted by Gasteiger charge is 2.14. The minimum atomic E-state index is -3.01. The van der Waals surface area contributed by atoms with Crippen molar-refractivity contribution in [3.63, 3.8) is 0 Å². The molecule has 3 aromatic rings. The van der Waals surface area contributed by atoms with E-state index in [1.807, 2.05) is 0 Å². The van der Waals surface area contributed by atoms with Gasteiger partial charge in [0.25, 0.3) is 5.88 Å². The van der Waals surface area contributed by atoms with Gasteiger partial charge >= 0.3 is 12.6 Å². The van der Waals surface area contributed by atoms with Gasteiger partial charge in [-0.15, -0.1) is 5.10 Å². The summed E-state index contributed by atoms with van der Waals surface area (Å²) in [5.74, 6) is 0.0829. The van der Waals surface area contributed by atoms with Gasteiger partial charge in [0.2, 0.25) is 0 Å². The fourth-order valence-corrected chi connectivity index (χ4v) is 2.56. The number of methoxy groups -OCH3 is 1. The van der Waals surface area contributed by atoms with Crippen molar-refractivity contribution in [2.45, 2.75) is 19.6 Å². The molecule has 9 nitrogen and oxygen atoms in total. The highest BCUT2D eigenvalue weighted by atomic mass is 19.3. The van der Waals surface area contributed by atoms with E-state index in [0.717, 1.165) is 0 Å². The standard InChI is InChI=1S/C18H19F2N5O4/c1-10(26)8-22-18(27)23-15-7-13-5-11(3-4-25(13)24-15)12-6-14(29-17(19)20)16(28-2)21-9-12/h3-7,9-10,17,26H,8H2,1-2H3,(H2,22,23,24,27)/t10-/m0/s1. The minimum absolute atomic E-state index is 0.0471. The first-order valence-electron chi connectivity index (χ1n) is 8.57. The van der Waals surface area contributed by atoms with Crippen molar-refractivity contribution in [1.29, 1.82) is 0 Å². The maximum Gasteiger partial charge on any atom is 0.387 e. The Bertz CT molecular complexity index is 1010. The molecule has 0 aromatic carbocycles. The first kappa shape index (κ1) is 20.3. The molecular weight excluding hydrogens is 388 g/mol. The van der Waals surface area contributed by atoms with E-state index in [2.05, 4.69) is 25.5 Å². The molecule has 0 radical (unpaired) electrons. The SMILES string of the molecule is COc1ncc(-c2ccn3nc(NC(=O)NC[C@H](C)O)cc3c2)cc1OC(F)F. The molecule has 0 fully saturated rings. The zero-order chi connectivity index (χ0) is 21.0. The van der Waals surface area contributed by atoms with Gasteiger partial charge in [-0.2, -0.15) is 8.78 Å². The summed E-state index contributed by atoms with van der Waals surface area (Å²) in [5, 5.41) is 18.5. The van der Waals surface area contributed by atoms with Gasteiger partial charge in [0.05, 0.1) is 18.7 Å². The Hall–Kier alpha value is -3.47. The van der Waals surface area contributed by atoms with Crippen LogP contribution in [0.5, 0.6) is 11.6 Å². The fraction of sp³-hybridized carbons (Fsp3) is 0.278. The van der Waals surface area contributed by atoms with Crippen LogP contribution in [0.2, 0.25) is 0 Å². The lowest BCUT2D eigenvalue weighted by Crippen LogP contribution is -2.34. The van der Waals surface area contributed by atoms with Crippen molar-refractivity contribution in [1.82, 2.24) is 19.9 Å². The molecule has 29 heavy (non-hydrogen) atoms. The average molecular weight is 407 g/mol. The number of anilines is 1. The molecule has 0 saturated carbocycles. The molecule has 2 amide bonds. The van der Waals surface area contributed by atoms with Crippen molar-refractivity contribution >= 4 is 17.4 Å². The Kier molecular flexibility index (Phi) is 6.07. The molecule has 3 rings (SSSR count). The van der Waals surface area contributed by atoms with E-state index in [9.17, 15) is 18.7 Å². The van der Waals surface area contributed by atoms with Gasteiger partial charge in [-0.3, -0.25) is 5.32 Å². The number of urea groups is 1. The number of amides is 2. The second-order valence-electron chi connectivity index (χ2n) is 6.11. The minimum Gasteiger partial charge on any atom is -0.478 e. The Balaban J connectivity index is 1.83. The third-order valence-corrected chi connectivity index (χ3v) is 3.82. The predicted molar refractivity (Wildman–Crippen MR) is 100 cm³/mol. The Morgan fingerprint density at radius 2 is 2.10 bits per heavy atom. The number of aliphatic hydroxyl groups excluding tert-OH is 1. The number of fused-ring (bicyclic) bond motifs is 1. The van der Waals surface area contributed by atoms with Crippen LogP contribution in [0.1, 0.15) is 6.92 Å². The molecule has 0 aliphatic carbocycles. The predicted octanol–water partition coefficient (Wildman–Crippen LogP) is 2.51. The molecule has 0 spiro atoms. The largest absolute Gasteiger partial charge is 0.478 e.